The molecule has 6 heteroatoms. The van der Waals surface area contributed by atoms with Gasteiger partial charge in [0, 0.05) is 24.6 Å². The number of halogens is 1. The number of benzene rings is 2. The topological polar surface area (TPSA) is 72.2 Å². The van der Waals surface area contributed by atoms with Crippen molar-refractivity contribution in [2.24, 2.45) is 0 Å². The predicted octanol–water partition coefficient (Wildman–Crippen LogP) is 4.10. The van der Waals surface area contributed by atoms with Gasteiger partial charge in [-0.2, -0.15) is 0 Å². The van der Waals surface area contributed by atoms with Crippen molar-refractivity contribution in [2.75, 3.05) is 6.54 Å². The molecule has 3 rings (SSSR count). The van der Waals surface area contributed by atoms with E-state index in [1.807, 2.05) is 12.1 Å². The van der Waals surface area contributed by atoms with Gasteiger partial charge in [-0.05, 0) is 36.5 Å². The maximum absolute atomic E-state index is 12.3. The zero-order valence-electron chi connectivity index (χ0n) is 13.0. The first kappa shape index (κ1) is 16.5. The number of nitro benzene ring substituents is 1. The third kappa shape index (κ3) is 3.41. The molecule has 1 aliphatic carbocycles. The summed E-state index contributed by atoms with van der Waals surface area (Å²) in [6, 6.07) is 12.2. The van der Waals surface area contributed by atoms with Crippen LogP contribution in [0.3, 0.4) is 0 Å². The minimum atomic E-state index is -0.535. The first-order chi connectivity index (χ1) is 11.6. The lowest BCUT2D eigenvalue weighted by molar-refractivity contribution is -0.384. The van der Waals surface area contributed by atoms with Gasteiger partial charge in [0.2, 0.25) is 0 Å². The van der Waals surface area contributed by atoms with E-state index < -0.39 is 4.92 Å². The summed E-state index contributed by atoms with van der Waals surface area (Å²) in [6.45, 7) is 0.531. The Bertz CT molecular complexity index is 792. The summed E-state index contributed by atoms with van der Waals surface area (Å²) in [5, 5.41) is 13.7. The number of carbonyl (C=O) groups is 1. The summed E-state index contributed by atoms with van der Waals surface area (Å²) < 4.78 is 0. The van der Waals surface area contributed by atoms with Crippen molar-refractivity contribution in [2.45, 2.75) is 25.2 Å². The second kappa shape index (κ2) is 7.01. The van der Waals surface area contributed by atoms with Crippen LogP contribution < -0.4 is 5.32 Å². The van der Waals surface area contributed by atoms with Crippen LogP contribution in [0, 0.1) is 10.1 Å². The molecule has 0 saturated heterocycles. The molecule has 1 aliphatic rings. The zero-order valence-corrected chi connectivity index (χ0v) is 13.8. The molecule has 0 bridgehead atoms. The van der Waals surface area contributed by atoms with Gasteiger partial charge in [-0.3, -0.25) is 14.9 Å². The largest absolute Gasteiger partial charge is 0.351 e. The molecule has 124 valence electrons. The molecule has 24 heavy (non-hydrogen) atoms. The second-order valence-corrected chi connectivity index (χ2v) is 6.33. The number of hydrogen-bond acceptors (Lipinski definition) is 3. The molecule has 2 aromatic rings. The summed E-state index contributed by atoms with van der Waals surface area (Å²) in [6.07, 6.45) is 3.22. The minimum Gasteiger partial charge on any atom is -0.351 e. The molecular formula is C18H17ClN2O3. The second-order valence-electron chi connectivity index (χ2n) is 5.92. The number of non-ortho nitro benzene ring substituents is 1. The predicted molar refractivity (Wildman–Crippen MR) is 92.6 cm³/mol. The van der Waals surface area contributed by atoms with Crippen molar-refractivity contribution in [3.63, 3.8) is 0 Å². The minimum absolute atomic E-state index is 0.0887. The van der Waals surface area contributed by atoms with Crippen LogP contribution >= 0.6 is 11.6 Å². The van der Waals surface area contributed by atoms with Gasteiger partial charge in [0.05, 0.1) is 15.5 Å². The Balaban J connectivity index is 1.70. The number of nitro groups is 1. The van der Waals surface area contributed by atoms with Gasteiger partial charge in [0.15, 0.2) is 0 Å². The van der Waals surface area contributed by atoms with E-state index in [9.17, 15) is 14.9 Å². The number of nitrogens with zero attached hydrogens (tertiary/aromatic N) is 1. The molecule has 0 heterocycles. The number of hydrogen-bond donors (Lipinski definition) is 1. The lowest BCUT2D eigenvalue weighted by Crippen LogP contribution is -2.30. The quantitative estimate of drug-likeness (QED) is 0.670. The maximum atomic E-state index is 12.3. The highest BCUT2D eigenvalue weighted by atomic mass is 35.5. The van der Waals surface area contributed by atoms with E-state index in [2.05, 4.69) is 17.4 Å². The first-order valence-corrected chi connectivity index (χ1v) is 8.24. The highest BCUT2D eigenvalue weighted by Crippen LogP contribution is 2.31. The lowest BCUT2D eigenvalue weighted by Gasteiger charge is -2.25. The summed E-state index contributed by atoms with van der Waals surface area (Å²) in [4.78, 5) is 22.5. The van der Waals surface area contributed by atoms with Crippen LogP contribution in [0.1, 0.15) is 40.2 Å². The van der Waals surface area contributed by atoms with E-state index in [1.165, 1.54) is 29.3 Å². The monoisotopic (exact) mass is 344 g/mol. The average molecular weight is 345 g/mol. The van der Waals surface area contributed by atoms with Gasteiger partial charge in [0.1, 0.15) is 0 Å². The molecule has 0 saturated carbocycles. The van der Waals surface area contributed by atoms with Crippen LogP contribution in [0.15, 0.2) is 42.5 Å². The molecule has 2 aromatic carbocycles. The number of amides is 1. The fraction of sp³-hybridized carbons (Fsp3) is 0.278. The fourth-order valence-corrected chi connectivity index (χ4v) is 3.44. The lowest BCUT2D eigenvalue weighted by atomic mass is 9.83. The average Bonchev–Trinajstić information content (AvgIpc) is 2.59. The summed E-state index contributed by atoms with van der Waals surface area (Å²) in [5.74, 6) is -0.0197. The van der Waals surface area contributed by atoms with Crippen molar-refractivity contribution in [3.05, 3.63) is 74.3 Å². The van der Waals surface area contributed by atoms with Gasteiger partial charge >= 0.3 is 0 Å². The molecule has 0 aromatic heterocycles. The van der Waals surface area contributed by atoms with Gasteiger partial charge in [-0.1, -0.05) is 35.9 Å². The molecule has 1 amide bonds. The van der Waals surface area contributed by atoms with E-state index in [0.29, 0.717) is 6.54 Å². The fourth-order valence-electron chi connectivity index (χ4n) is 3.18. The number of nitrogens with one attached hydrogen (secondary N) is 1. The Morgan fingerprint density at radius 2 is 2.08 bits per heavy atom. The molecular weight excluding hydrogens is 328 g/mol. The van der Waals surface area contributed by atoms with Crippen molar-refractivity contribution in [1.82, 2.24) is 5.32 Å². The smallest absolute Gasteiger partial charge is 0.270 e. The zero-order chi connectivity index (χ0) is 17.1. The number of carbonyl (C=O) groups excluding carboxylic acids is 1. The third-order valence-electron chi connectivity index (χ3n) is 4.41. The Morgan fingerprint density at radius 1 is 1.29 bits per heavy atom. The van der Waals surface area contributed by atoms with Gasteiger partial charge < -0.3 is 5.32 Å². The van der Waals surface area contributed by atoms with Crippen LogP contribution in [0.4, 0.5) is 5.69 Å². The van der Waals surface area contributed by atoms with Gasteiger partial charge in [-0.15, -0.1) is 0 Å². The van der Waals surface area contributed by atoms with E-state index >= 15 is 0 Å². The first-order valence-electron chi connectivity index (χ1n) is 7.86. The van der Waals surface area contributed by atoms with Crippen molar-refractivity contribution in [1.29, 1.82) is 0 Å². The number of fused-ring (bicyclic) bond motifs is 1. The van der Waals surface area contributed by atoms with Crippen molar-refractivity contribution >= 4 is 23.2 Å². The number of aryl methyl sites for hydroxylation is 1. The normalized spacial score (nSPS) is 16.3. The van der Waals surface area contributed by atoms with Crippen LogP contribution in [0.5, 0.6) is 0 Å². The molecule has 5 nitrogen and oxygen atoms in total. The summed E-state index contributed by atoms with van der Waals surface area (Å²) in [7, 11) is 0. The SMILES string of the molecule is O=C(NCC1CCCc2ccccc21)c1ccc([N+](=O)[O-])cc1Cl. The Morgan fingerprint density at radius 3 is 2.83 bits per heavy atom. The Labute approximate surface area is 144 Å². The van der Waals surface area contributed by atoms with Crippen LogP contribution in [0.2, 0.25) is 5.02 Å². The molecule has 0 aliphatic heterocycles. The summed E-state index contributed by atoms with van der Waals surface area (Å²) >= 11 is 6.01. The van der Waals surface area contributed by atoms with E-state index in [-0.39, 0.29) is 28.1 Å². The van der Waals surface area contributed by atoms with Crippen LogP contribution in [-0.4, -0.2) is 17.4 Å². The molecule has 1 atom stereocenters. The van der Waals surface area contributed by atoms with Gasteiger partial charge in [0.25, 0.3) is 11.6 Å². The molecule has 0 radical (unpaired) electrons. The van der Waals surface area contributed by atoms with E-state index in [4.69, 9.17) is 11.6 Å². The summed E-state index contributed by atoms with van der Waals surface area (Å²) in [5.41, 5.74) is 2.76. The third-order valence-corrected chi connectivity index (χ3v) is 4.72. The molecule has 0 fully saturated rings. The molecule has 1 N–H and O–H groups in total. The Kier molecular flexibility index (Phi) is 4.81. The standard InChI is InChI=1S/C18H17ClN2O3/c19-17-10-14(21(23)24)8-9-16(17)18(22)20-11-13-6-3-5-12-4-1-2-7-15(12)13/h1-2,4,7-10,13H,3,5-6,11H2,(H,20,22). The van der Waals surface area contributed by atoms with Crippen LogP contribution in [-0.2, 0) is 6.42 Å². The highest BCUT2D eigenvalue weighted by Gasteiger charge is 2.21. The Hall–Kier alpha value is -2.40. The van der Waals surface area contributed by atoms with E-state index in [1.54, 1.807) is 0 Å². The number of rotatable bonds is 4. The van der Waals surface area contributed by atoms with E-state index in [0.717, 1.165) is 19.3 Å². The van der Waals surface area contributed by atoms with Gasteiger partial charge in [-0.25, -0.2) is 0 Å². The van der Waals surface area contributed by atoms with Crippen LogP contribution in [0.25, 0.3) is 0 Å². The molecule has 1 unspecified atom stereocenters. The van der Waals surface area contributed by atoms with Crippen molar-refractivity contribution < 1.29 is 9.72 Å². The highest BCUT2D eigenvalue weighted by molar-refractivity contribution is 6.34. The molecule has 0 spiro atoms. The maximum Gasteiger partial charge on any atom is 0.270 e. The van der Waals surface area contributed by atoms with Crippen molar-refractivity contribution in [3.8, 4) is 0 Å².